The van der Waals surface area contributed by atoms with Crippen LogP contribution in [0.3, 0.4) is 0 Å². The number of fused-ring (bicyclic) bond motifs is 1. The number of aryl methyl sites for hydroxylation is 1. The smallest absolute Gasteiger partial charge is 0.214 e. The minimum absolute atomic E-state index is 0.327. The van der Waals surface area contributed by atoms with Gasteiger partial charge in [-0.15, -0.1) is 0 Å². The van der Waals surface area contributed by atoms with E-state index in [0.717, 1.165) is 53.8 Å². The first-order chi connectivity index (χ1) is 18.1. The van der Waals surface area contributed by atoms with Crippen molar-refractivity contribution in [2.75, 3.05) is 23.7 Å². The molecule has 2 atom stereocenters. The lowest BCUT2D eigenvalue weighted by Crippen LogP contribution is -2.42. The van der Waals surface area contributed by atoms with E-state index in [4.69, 9.17) is 9.97 Å². The Morgan fingerprint density at radius 1 is 1.05 bits per heavy atom. The Hall–Kier alpha value is -3.72. The normalized spacial score (nSPS) is 19.6. The van der Waals surface area contributed by atoms with E-state index in [-0.39, 0.29) is 0 Å². The predicted molar refractivity (Wildman–Crippen MR) is 143 cm³/mol. The molecule has 190 valence electrons. The van der Waals surface area contributed by atoms with Crippen LogP contribution >= 0.6 is 0 Å². The maximum Gasteiger partial charge on any atom is 0.214 e. The van der Waals surface area contributed by atoms with Crippen LogP contribution in [0, 0.1) is 11.9 Å². The van der Waals surface area contributed by atoms with Crippen LogP contribution in [-0.2, 0) is 6.42 Å². The summed E-state index contributed by atoms with van der Waals surface area (Å²) in [5, 5.41) is 11.5. The number of piperidine rings is 1. The third kappa shape index (κ3) is 4.96. The largest absolute Gasteiger partial charge is 0.366 e. The van der Waals surface area contributed by atoms with Crippen molar-refractivity contribution < 1.29 is 4.39 Å². The van der Waals surface area contributed by atoms with Crippen molar-refractivity contribution >= 4 is 28.4 Å². The summed E-state index contributed by atoms with van der Waals surface area (Å²) >= 11 is 0. The Morgan fingerprint density at radius 2 is 1.95 bits per heavy atom. The number of aromatic nitrogens is 5. The molecule has 1 saturated heterocycles. The maximum absolute atomic E-state index is 13.8. The molecule has 9 heteroatoms. The molecule has 3 N–H and O–H groups in total. The molecule has 0 aromatic carbocycles. The second kappa shape index (κ2) is 9.97. The number of hydrogen-bond donors (Lipinski definition) is 3. The SMILES string of the molecule is CCc1ccc(F)nc1Nc1cc(-c2nc(N[C@@H]3CCNC[C@H]3C)c3c(C4CC4)cncc3n2)ccn1. The van der Waals surface area contributed by atoms with E-state index in [0.29, 0.717) is 35.3 Å². The Morgan fingerprint density at radius 3 is 2.76 bits per heavy atom. The lowest BCUT2D eigenvalue weighted by molar-refractivity contribution is 0.368. The van der Waals surface area contributed by atoms with E-state index in [2.05, 4.69) is 37.8 Å². The zero-order chi connectivity index (χ0) is 25.4. The molecule has 4 aromatic heterocycles. The summed E-state index contributed by atoms with van der Waals surface area (Å²) in [5.74, 6) is 2.97. The number of nitrogens with zero attached hydrogens (tertiary/aromatic N) is 5. The van der Waals surface area contributed by atoms with Crippen molar-refractivity contribution in [3.8, 4) is 11.4 Å². The van der Waals surface area contributed by atoms with Crippen molar-refractivity contribution in [1.82, 2.24) is 30.2 Å². The molecule has 1 aliphatic carbocycles. The highest BCUT2D eigenvalue weighted by molar-refractivity contribution is 5.93. The van der Waals surface area contributed by atoms with Crippen molar-refractivity contribution in [2.45, 2.75) is 51.5 Å². The summed E-state index contributed by atoms with van der Waals surface area (Å²) in [7, 11) is 0. The third-order valence-corrected chi connectivity index (χ3v) is 7.35. The minimum Gasteiger partial charge on any atom is -0.366 e. The third-order valence-electron chi connectivity index (χ3n) is 7.35. The zero-order valence-corrected chi connectivity index (χ0v) is 21.1. The molecule has 37 heavy (non-hydrogen) atoms. The Labute approximate surface area is 215 Å². The molecule has 8 nitrogen and oxygen atoms in total. The van der Waals surface area contributed by atoms with E-state index < -0.39 is 5.95 Å². The summed E-state index contributed by atoms with van der Waals surface area (Å²) in [4.78, 5) is 23.0. The molecule has 0 spiro atoms. The van der Waals surface area contributed by atoms with Crippen LogP contribution < -0.4 is 16.0 Å². The van der Waals surface area contributed by atoms with Crippen LogP contribution in [0.1, 0.15) is 50.2 Å². The van der Waals surface area contributed by atoms with Crippen LogP contribution in [0.15, 0.2) is 42.9 Å². The first-order valence-corrected chi connectivity index (χ1v) is 13.1. The standard InChI is InChI=1S/C28H31FN8/c1-3-17-6-7-23(29)35-26(17)36-24-12-19(8-11-32-24)27-34-22-15-31-14-20(18-4-5-18)25(22)28(37-27)33-21-9-10-30-13-16(21)2/h6-8,11-12,14-16,18,21,30H,3-5,9-10,13H2,1-2H3,(H,32,35,36)(H,33,34,37)/t16-,21-/m1/s1. The van der Waals surface area contributed by atoms with Crippen LogP contribution in [0.25, 0.3) is 22.3 Å². The van der Waals surface area contributed by atoms with Gasteiger partial charge in [0.2, 0.25) is 5.95 Å². The fourth-order valence-electron chi connectivity index (χ4n) is 5.07. The molecule has 0 amide bonds. The van der Waals surface area contributed by atoms with Crippen molar-refractivity contribution in [1.29, 1.82) is 0 Å². The molecule has 1 aliphatic heterocycles. The van der Waals surface area contributed by atoms with Gasteiger partial charge in [-0.2, -0.15) is 4.39 Å². The van der Waals surface area contributed by atoms with E-state index in [1.165, 1.54) is 24.5 Å². The highest BCUT2D eigenvalue weighted by atomic mass is 19.1. The van der Waals surface area contributed by atoms with E-state index in [1.807, 2.05) is 31.5 Å². The number of anilines is 3. The average Bonchev–Trinajstić information content (AvgIpc) is 3.75. The Kier molecular flexibility index (Phi) is 6.38. The summed E-state index contributed by atoms with van der Waals surface area (Å²) in [6, 6.07) is 7.21. The van der Waals surface area contributed by atoms with E-state index in [9.17, 15) is 4.39 Å². The summed E-state index contributed by atoms with van der Waals surface area (Å²) < 4.78 is 13.8. The molecule has 0 radical (unpaired) electrons. The summed E-state index contributed by atoms with van der Waals surface area (Å²) in [6.45, 7) is 6.25. The van der Waals surface area contributed by atoms with Gasteiger partial charge in [0.05, 0.1) is 11.7 Å². The first kappa shape index (κ1) is 23.7. The van der Waals surface area contributed by atoms with E-state index >= 15 is 0 Å². The van der Waals surface area contributed by atoms with Gasteiger partial charge in [0.15, 0.2) is 5.82 Å². The number of halogens is 1. The molecule has 6 rings (SSSR count). The van der Waals surface area contributed by atoms with Crippen LogP contribution in [0.5, 0.6) is 0 Å². The topological polar surface area (TPSA) is 101 Å². The fourth-order valence-corrected chi connectivity index (χ4v) is 5.07. The predicted octanol–water partition coefficient (Wildman–Crippen LogP) is 5.21. The van der Waals surface area contributed by atoms with Gasteiger partial charge in [0.25, 0.3) is 0 Å². The average molecular weight is 499 g/mol. The molecule has 2 aliphatic rings. The zero-order valence-electron chi connectivity index (χ0n) is 21.1. The highest BCUT2D eigenvalue weighted by Gasteiger charge is 2.29. The molecule has 4 aromatic rings. The summed E-state index contributed by atoms with van der Waals surface area (Å²) in [5.41, 5.74) is 3.79. The molecular formula is C28H31FN8. The number of pyridine rings is 3. The second-order valence-corrected chi connectivity index (χ2v) is 10.1. The number of hydrogen-bond acceptors (Lipinski definition) is 8. The monoisotopic (exact) mass is 498 g/mol. The van der Waals surface area contributed by atoms with Crippen molar-refractivity contribution in [3.63, 3.8) is 0 Å². The van der Waals surface area contributed by atoms with Gasteiger partial charge >= 0.3 is 0 Å². The Bertz CT molecular complexity index is 1440. The molecular weight excluding hydrogens is 467 g/mol. The minimum atomic E-state index is -0.532. The molecule has 1 saturated carbocycles. The van der Waals surface area contributed by atoms with Crippen LogP contribution in [0.2, 0.25) is 0 Å². The second-order valence-electron chi connectivity index (χ2n) is 10.1. The maximum atomic E-state index is 13.8. The van der Waals surface area contributed by atoms with Gasteiger partial charge in [0, 0.05) is 29.4 Å². The quantitative estimate of drug-likeness (QED) is 0.299. The van der Waals surface area contributed by atoms with Gasteiger partial charge in [-0.3, -0.25) is 4.98 Å². The molecule has 2 fully saturated rings. The van der Waals surface area contributed by atoms with Gasteiger partial charge in [-0.1, -0.05) is 19.9 Å². The summed E-state index contributed by atoms with van der Waals surface area (Å²) in [6.07, 6.45) is 9.63. The van der Waals surface area contributed by atoms with Crippen LogP contribution in [-0.4, -0.2) is 44.1 Å². The van der Waals surface area contributed by atoms with Crippen molar-refractivity contribution in [3.05, 3.63) is 59.9 Å². The van der Waals surface area contributed by atoms with Crippen molar-refractivity contribution in [2.24, 2.45) is 5.92 Å². The van der Waals surface area contributed by atoms with E-state index in [1.54, 1.807) is 12.3 Å². The van der Waals surface area contributed by atoms with Gasteiger partial charge in [-0.05, 0) is 79.9 Å². The first-order valence-electron chi connectivity index (χ1n) is 13.1. The van der Waals surface area contributed by atoms with Crippen LogP contribution in [0.4, 0.5) is 21.8 Å². The lowest BCUT2D eigenvalue weighted by atomic mass is 9.95. The lowest BCUT2D eigenvalue weighted by Gasteiger charge is -2.31. The molecule has 0 unspecified atom stereocenters. The molecule has 0 bridgehead atoms. The van der Waals surface area contributed by atoms with Gasteiger partial charge in [0.1, 0.15) is 17.5 Å². The number of rotatable bonds is 7. The molecule has 5 heterocycles. The fraction of sp³-hybridized carbons (Fsp3) is 0.393. The van der Waals surface area contributed by atoms with Gasteiger partial charge < -0.3 is 16.0 Å². The highest BCUT2D eigenvalue weighted by Crippen LogP contribution is 2.44. The number of nitrogens with one attached hydrogen (secondary N) is 3. The Balaban J connectivity index is 1.40. The van der Waals surface area contributed by atoms with Gasteiger partial charge in [-0.25, -0.2) is 19.9 Å².